The van der Waals surface area contributed by atoms with Gasteiger partial charge in [0.1, 0.15) is 13.2 Å². The number of quaternary nitrogens is 1. The highest BCUT2D eigenvalue weighted by Crippen LogP contribution is 2.38. The van der Waals surface area contributed by atoms with Gasteiger partial charge in [0.2, 0.25) is 5.91 Å². The summed E-state index contributed by atoms with van der Waals surface area (Å²) < 4.78 is 23.4. The SMILES string of the molecule is CC/C=C\C/C=C\C/C=C\C/C=C\C/C=C\C/C=C\C/C=C\C/C=C\CCCCCCCCCCC(=O)NC(COP(=O)([O-])OCC[N+](C)(C)C)C(O)/C=C/CCCCCCCCCCCCCCCCCCCC. The van der Waals surface area contributed by atoms with Crippen molar-refractivity contribution in [2.45, 2.75) is 264 Å². The topological polar surface area (TPSA) is 108 Å². The highest BCUT2D eigenvalue weighted by atomic mass is 31.2. The second kappa shape index (κ2) is 55.9. The van der Waals surface area contributed by atoms with E-state index in [0.717, 1.165) is 103 Å². The summed E-state index contributed by atoms with van der Waals surface area (Å²) in [7, 11) is 1.24. The third-order valence-electron chi connectivity index (χ3n) is 13.2. The normalized spacial score (nSPS) is 14.6. The number of aliphatic hydroxyl groups excluding tert-OH is 1. The zero-order valence-corrected chi connectivity index (χ0v) is 50.1. The zero-order chi connectivity index (χ0) is 54.9. The van der Waals surface area contributed by atoms with Crippen molar-refractivity contribution >= 4 is 13.7 Å². The molecule has 0 radical (unpaired) electrons. The number of allylic oxidation sites excluding steroid dienone is 17. The van der Waals surface area contributed by atoms with Gasteiger partial charge in [0.05, 0.1) is 39.9 Å². The number of rotatable bonds is 55. The van der Waals surface area contributed by atoms with Gasteiger partial charge in [0.15, 0.2) is 0 Å². The number of aliphatic hydroxyl groups is 1. The van der Waals surface area contributed by atoms with E-state index in [0.29, 0.717) is 17.4 Å². The third kappa shape index (κ3) is 58.7. The number of nitrogens with one attached hydrogen (secondary N) is 1. The van der Waals surface area contributed by atoms with E-state index in [2.05, 4.69) is 116 Å². The van der Waals surface area contributed by atoms with Crippen molar-refractivity contribution < 1.29 is 32.9 Å². The highest BCUT2D eigenvalue weighted by Gasteiger charge is 2.23. The number of carbonyl (C=O) groups is 1. The minimum absolute atomic E-state index is 0.00769. The molecule has 3 unspecified atom stereocenters. The van der Waals surface area contributed by atoms with E-state index in [4.69, 9.17) is 9.05 Å². The minimum Gasteiger partial charge on any atom is -0.756 e. The molecule has 8 nitrogen and oxygen atoms in total. The molecule has 9 heteroatoms. The molecule has 75 heavy (non-hydrogen) atoms. The molecule has 3 atom stereocenters. The number of unbranched alkanes of at least 4 members (excludes halogenated alkanes) is 26. The number of hydrogen-bond acceptors (Lipinski definition) is 6. The number of amides is 1. The Balaban J connectivity index is 4.22. The molecule has 0 saturated carbocycles. The van der Waals surface area contributed by atoms with E-state index >= 15 is 0 Å². The molecule has 0 aromatic carbocycles. The van der Waals surface area contributed by atoms with E-state index < -0.39 is 20.0 Å². The average molecular weight is 1070 g/mol. The summed E-state index contributed by atoms with van der Waals surface area (Å²) in [5, 5.41) is 13.9. The van der Waals surface area contributed by atoms with Gasteiger partial charge in [0.25, 0.3) is 7.82 Å². The summed E-state index contributed by atoms with van der Waals surface area (Å²) in [4.78, 5) is 25.5. The molecule has 1 amide bonds. The van der Waals surface area contributed by atoms with Crippen LogP contribution in [0.25, 0.3) is 0 Å². The van der Waals surface area contributed by atoms with Crippen LogP contribution in [0.2, 0.25) is 0 Å². The maximum Gasteiger partial charge on any atom is 0.268 e. The number of phosphoric acid groups is 1. The fraction of sp³-hybridized carbons (Fsp3) is 0.712. The summed E-state index contributed by atoms with van der Waals surface area (Å²) in [5.41, 5.74) is 0. The van der Waals surface area contributed by atoms with Gasteiger partial charge in [-0.25, -0.2) is 0 Å². The maximum atomic E-state index is 13.0. The molecule has 0 aliphatic heterocycles. The molecule has 0 fully saturated rings. The van der Waals surface area contributed by atoms with Crippen molar-refractivity contribution in [3.63, 3.8) is 0 Å². The lowest BCUT2D eigenvalue weighted by Gasteiger charge is -2.29. The Kier molecular flexibility index (Phi) is 53.8. The third-order valence-corrected chi connectivity index (χ3v) is 14.2. The molecular weight excluding hydrogens is 948 g/mol. The molecule has 2 N–H and O–H groups in total. The lowest BCUT2D eigenvalue weighted by atomic mass is 10.0. The van der Waals surface area contributed by atoms with Gasteiger partial charge < -0.3 is 28.8 Å². The largest absolute Gasteiger partial charge is 0.756 e. The van der Waals surface area contributed by atoms with Crippen LogP contribution in [-0.2, 0) is 18.4 Å². The van der Waals surface area contributed by atoms with Gasteiger partial charge in [0, 0.05) is 6.42 Å². The Labute approximate surface area is 463 Å². The predicted octanol–water partition coefficient (Wildman–Crippen LogP) is 18.5. The fourth-order valence-electron chi connectivity index (χ4n) is 8.46. The summed E-state index contributed by atoms with van der Waals surface area (Å²) in [6.45, 7) is 4.54. The average Bonchev–Trinajstić information content (AvgIpc) is 3.37. The molecule has 0 aromatic rings. The Bertz CT molecular complexity index is 1590. The first-order valence-corrected chi connectivity index (χ1v) is 32.2. The zero-order valence-electron chi connectivity index (χ0n) is 49.2. The maximum absolute atomic E-state index is 13.0. The van der Waals surface area contributed by atoms with Crippen molar-refractivity contribution in [1.82, 2.24) is 5.32 Å². The molecule has 0 aliphatic carbocycles. The standard InChI is InChI=1S/C66H117N2O6P/c1-6-8-10-12-14-16-18-20-22-24-26-28-29-30-31-32-33-34-35-36-37-38-39-40-42-44-46-48-50-52-54-56-58-60-66(70)67-64(63-74-75(71,72)73-62-61-68(3,4)5)65(69)59-57-55-53-51-49-47-45-43-41-27-25-23-21-19-17-15-13-11-9-7-2/h8,10,14,16,20,22,26,28,30-31,33-34,36-37,39-40,57,59,64-65,69H,6-7,9,11-13,15,17-19,21,23-25,27,29,32,35,38,41-56,58,60-63H2,1-5H3,(H-,67,70,71,72)/b10-8-,16-14-,22-20-,28-26-,31-30-,34-33-,37-36-,40-39-,59-57+. The number of phosphoric ester groups is 1. The lowest BCUT2D eigenvalue weighted by molar-refractivity contribution is -0.870. The van der Waals surface area contributed by atoms with Crippen molar-refractivity contribution in [3.05, 3.63) is 109 Å². The van der Waals surface area contributed by atoms with Crippen LogP contribution in [0, 0.1) is 0 Å². The Morgan fingerprint density at radius 3 is 1.19 bits per heavy atom. The summed E-state index contributed by atoms with van der Waals surface area (Å²) in [6.07, 6.45) is 81.6. The Morgan fingerprint density at radius 2 is 0.813 bits per heavy atom. The van der Waals surface area contributed by atoms with E-state index in [1.54, 1.807) is 6.08 Å². The van der Waals surface area contributed by atoms with Gasteiger partial charge >= 0.3 is 0 Å². The van der Waals surface area contributed by atoms with Crippen LogP contribution in [0.1, 0.15) is 251 Å². The second-order valence-corrected chi connectivity index (χ2v) is 23.1. The van der Waals surface area contributed by atoms with Crippen molar-refractivity contribution in [2.75, 3.05) is 40.9 Å². The van der Waals surface area contributed by atoms with E-state index in [-0.39, 0.29) is 19.1 Å². The molecule has 0 aromatic heterocycles. The van der Waals surface area contributed by atoms with Crippen LogP contribution in [-0.4, -0.2) is 68.5 Å². The number of likely N-dealkylation sites (N-methyl/N-ethyl adjacent to an activating group) is 1. The van der Waals surface area contributed by atoms with Crippen LogP contribution >= 0.6 is 7.82 Å². The van der Waals surface area contributed by atoms with Gasteiger partial charge in [-0.3, -0.25) is 9.36 Å². The number of hydrogen-bond donors (Lipinski definition) is 2. The minimum atomic E-state index is -4.61. The van der Waals surface area contributed by atoms with Crippen LogP contribution < -0.4 is 10.2 Å². The van der Waals surface area contributed by atoms with Crippen molar-refractivity contribution in [2.24, 2.45) is 0 Å². The smallest absolute Gasteiger partial charge is 0.268 e. The molecule has 0 spiro atoms. The van der Waals surface area contributed by atoms with Gasteiger partial charge in [-0.15, -0.1) is 0 Å². The quantitative estimate of drug-likeness (QED) is 0.0272. The lowest BCUT2D eigenvalue weighted by Crippen LogP contribution is -2.45. The van der Waals surface area contributed by atoms with Gasteiger partial charge in [-0.1, -0.05) is 271 Å². The summed E-state index contributed by atoms with van der Waals surface area (Å²) in [5.74, 6) is -0.209. The van der Waals surface area contributed by atoms with E-state index in [1.807, 2.05) is 27.2 Å². The monoisotopic (exact) mass is 1060 g/mol. The van der Waals surface area contributed by atoms with Crippen LogP contribution in [0.3, 0.4) is 0 Å². The van der Waals surface area contributed by atoms with Crippen molar-refractivity contribution in [3.8, 4) is 0 Å². The fourth-order valence-corrected chi connectivity index (χ4v) is 9.19. The molecule has 432 valence electrons. The molecular formula is C66H117N2O6P. The molecule has 0 saturated heterocycles. The second-order valence-electron chi connectivity index (χ2n) is 21.7. The van der Waals surface area contributed by atoms with E-state index in [1.165, 1.54) is 128 Å². The first kappa shape index (κ1) is 72.2. The highest BCUT2D eigenvalue weighted by molar-refractivity contribution is 7.45. The Hall–Kier alpha value is -2.84. The van der Waals surface area contributed by atoms with Crippen LogP contribution in [0.5, 0.6) is 0 Å². The first-order chi connectivity index (χ1) is 36.5. The molecule has 0 bridgehead atoms. The van der Waals surface area contributed by atoms with E-state index in [9.17, 15) is 19.4 Å². The van der Waals surface area contributed by atoms with Crippen LogP contribution in [0.15, 0.2) is 109 Å². The number of nitrogens with zero attached hydrogens (tertiary/aromatic N) is 1. The van der Waals surface area contributed by atoms with Gasteiger partial charge in [-0.05, 0) is 83.5 Å². The van der Waals surface area contributed by atoms with Crippen molar-refractivity contribution in [1.29, 1.82) is 0 Å². The number of carbonyl (C=O) groups excluding carboxylic acids is 1. The van der Waals surface area contributed by atoms with Gasteiger partial charge in [-0.2, -0.15) is 0 Å². The molecule has 0 aliphatic rings. The van der Waals surface area contributed by atoms with Crippen LogP contribution in [0.4, 0.5) is 0 Å². The summed E-state index contributed by atoms with van der Waals surface area (Å²) in [6, 6.07) is -0.899. The predicted molar refractivity (Wildman–Crippen MR) is 325 cm³/mol. The Morgan fingerprint density at radius 1 is 0.480 bits per heavy atom. The molecule has 0 rings (SSSR count). The molecule has 0 heterocycles. The summed E-state index contributed by atoms with van der Waals surface area (Å²) >= 11 is 0. The first-order valence-electron chi connectivity index (χ1n) is 30.7.